The Morgan fingerprint density at radius 2 is 1.36 bits per heavy atom. The lowest BCUT2D eigenvalue weighted by Crippen LogP contribution is -2.38. The summed E-state index contributed by atoms with van der Waals surface area (Å²) in [4.78, 5) is 13.1. The summed E-state index contributed by atoms with van der Waals surface area (Å²) in [6.07, 6.45) is 0. The normalized spacial score (nSPS) is 10.9. The summed E-state index contributed by atoms with van der Waals surface area (Å²) in [5.41, 5.74) is 1.79. The first-order valence-electron chi connectivity index (χ1n) is 11.2. The lowest BCUT2D eigenvalue weighted by Gasteiger charge is -2.24. The zero-order chi connectivity index (χ0) is 25.5. The molecule has 0 aliphatic rings. The Hall–Kier alpha value is -4.30. The van der Waals surface area contributed by atoms with E-state index in [0.29, 0.717) is 28.6 Å². The van der Waals surface area contributed by atoms with E-state index >= 15 is 0 Å². The molecule has 0 saturated heterocycles. The predicted molar refractivity (Wildman–Crippen MR) is 140 cm³/mol. The molecule has 4 rings (SSSR count). The Morgan fingerprint density at radius 1 is 0.778 bits per heavy atom. The highest BCUT2D eigenvalue weighted by atomic mass is 32.2. The van der Waals surface area contributed by atoms with Crippen LogP contribution in [0.5, 0.6) is 17.2 Å². The maximum absolute atomic E-state index is 13.5. The molecular formula is C28H26N2O5S. The second-order valence-corrected chi connectivity index (χ2v) is 9.87. The van der Waals surface area contributed by atoms with Crippen LogP contribution in [0.3, 0.4) is 0 Å². The number of nitrogens with zero attached hydrogens (tertiary/aromatic N) is 1. The highest BCUT2D eigenvalue weighted by molar-refractivity contribution is 7.92. The molecule has 1 amide bonds. The second kappa shape index (κ2) is 11.0. The molecule has 0 spiro atoms. The molecule has 1 N–H and O–H groups in total. The first-order valence-corrected chi connectivity index (χ1v) is 12.7. The fourth-order valence-corrected chi connectivity index (χ4v) is 4.88. The Morgan fingerprint density at radius 3 is 1.97 bits per heavy atom. The summed E-state index contributed by atoms with van der Waals surface area (Å²) in [7, 11) is -2.48. The largest absolute Gasteiger partial charge is 0.497 e. The quantitative estimate of drug-likeness (QED) is 0.321. The van der Waals surface area contributed by atoms with Gasteiger partial charge in [0.15, 0.2) is 0 Å². The number of ether oxygens (including phenoxy) is 2. The van der Waals surface area contributed by atoms with Crippen molar-refractivity contribution in [1.82, 2.24) is 0 Å². The van der Waals surface area contributed by atoms with E-state index in [1.54, 1.807) is 60.7 Å². The predicted octanol–water partition coefficient (Wildman–Crippen LogP) is 5.63. The first kappa shape index (κ1) is 24.8. The van der Waals surface area contributed by atoms with Crippen LogP contribution in [0.15, 0.2) is 108 Å². The van der Waals surface area contributed by atoms with Gasteiger partial charge in [0.25, 0.3) is 10.0 Å². The molecule has 4 aromatic rings. The number of hydrogen-bond acceptors (Lipinski definition) is 5. The van der Waals surface area contributed by atoms with Crippen LogP contribution in [0.2, 0.25) is 0 Å². The average molecular weight is 503 g/mol. The number of para-hydroxylation sites is 1. The van der Waals surface area contributed by atoms with Crippen molar-refractivity contribution in [2.75, 3.05) is 23.3 Å². The van der Waals surface area contributed by atoms with E-state index < -0.39 is 22.5 Å². The fraction of sp³-hybridized carbons (Fsp3) is 0.107. The van der Waals surface area contributed by atoms with Crippen molar-refractivity contribution >= 4 is 27.3 Å². The monoisotopic (exact) mass is 502 g/mol. The molecule has 36 heavy (non-hydrogen) atoms. The number of methoxy groups -OCH3 is 1. The molecule has 0 heterocycles. The summed E-state index contributed by atoms with van der Waals surface area (Å²) in [5, 5.41) is 2.76. The number of amides is 1. The van der Waals surface area contributed by atoms with Gasteiger partial charge in [0.2, 0.25) is 5.91 Å². The van der Waals surface area contributed by atoms with Crippen molar-refractivity contribution in [3.63, 3.8) is 0 Å². The summed E-state index contributed by atoms with van der Waals surface area (Å²) < 4.78 is 39.0. The number of nitrogens with one attached hydrogen (secondary N) is 1. The minimum atomic E-state index is -4.01. The summed E-state index contributed by atoms with van der Waals surface area (Å²) in [6.45, 7) is 1.46. The Balaban J connectivity index is 1.53. The van der Waals surface area contributed by atoms with E-state index in [9.17, 15) is 13.2 Å². The maximum atomic E-state index is 13.5. The van der Waals surface area contributed by atoms with Gasteiger partial charge in [-0.1, -0.05) is 35.9 Å². The summed E-state index contributed by atoms with van der Waals surface area (Å²) in [6, 6.07) is 29.2. The number of aryl methyl sites for hydroxylation is 1. The van der Waals surface area contributed by atoms with Crippen molar-refractivity contribution < 1.29 is 22.7 Å². The molecule has 0 atom stereocenters. The molecule has 0 unspecified atom stereocenters. The number of carbonyl (C=O) groups is 1. The topological polar surface area (TPSA) is 84.9 Å². The molecule has 4 aromatic carbocycles. The number of carbonyl (C=O) groups excluding carboxylic acids is 1. The van der Waals surface area contributed by atoms with Gasteiger partial charge in [-0.3, -0.25) is 9.10 Å². The zero-order valence-corrected chi connectivity index (χ0v) is 20.7. The summed E-state index contributed by atoms with van der Waals surface area (Å²) >= 11 is 0. The number of benzene rings is 4. The van der Waals surface area contributed by atoms with Gasteiger partial charge >= 0.3 is 0 Å². The van der Waals surface area contributed by atoms with E-state index in [1.165, 1.54) is 19.2 Å². The smallest absolute Gasteiger partial charge is 0.264 e. The molecular weight excluding hydrogens is 476 g/mol. The lowest BCUT2D eigenvalue weighted by atomic mass is 10.2. The second-order valence-electron chi connectivity index (χ2n) is 8.01. The van der Waals surface area contributed by atoms with Crippen molar-refractivity contribution in [2.24, 2.45) is 0 Å². The highest BCUT2D eigenvalue weighted by Crippen LogP contribution is 2.27. The van der Waals surface area contributed by atoms with Crippen LogP contribution in [0.4, 0.5) is 11.4 Å². The van der Waals surface area contributed by atoms with Gasteiger partial charge in [0.1, 0.15) is 23.8 Å². The lowest BCUT2D eigenvalue weighted by molar-refractivity contribution is -0.114. The van der Waals surface area contributed by atoms with E-state index in [4.69, 9.17) is 9.47 Å². The molecule has 0 aliphatic carbocycles. The standard InChI is InChI=1S/C28H26N2O5S/c1-21-8-18-27(19-9-21)36(32,33)30(23-12-16-24(34-2)17-13-23)20-28(31)29-22-10-14-26(15-11-22)35-25-6-4-3-5-7-25/h3-19H,20H2,1-2H3,(H,29,31). The van der Waals surface area contributed by atoms with Gasteiger partial charge < -0.3 is 14.8 Å². The van der Waals surface area contributed by atoms with Crippen molar-refractivity contribution in [1.29, 1.82) is 0 Å². The molecule has 0 radical (unpaired) electrons. The Bertz CT molecular complexity index is 1400. The van der Waals surface area contributed by atoms with Crippen LogP contribution >= 0.6 is 0 Å². The van der Waals surface area contributed by atoms with Crippen LogP contribution in [-0.4, -0.2) is 28.0 Å². The third-order valence-corrected chi connectivity index (χ3v) is 7.16. The van der Waals surface area contributed by atoms with E-state index in [2.05, 4.69) is 5.32 Å². The van der Waals surface area contributed by atoms with Crippen LogP contribution in [0.1, 0.15) is 5.56 Å². The van der Waals surface area contributed by atoms with Gasteiger partial charge in [-0.25, -0.2) is 8.42 Å². The molecule has 0 bridgehead atoms. The van der Waals surface area contributed by atoms with Gasteiger partial charge in [-0.05, 0) is 79.7 Å². The summed E-state index contributed by atoms with van der Waals surface area (Å²) in [5.74, 6) is 1.40. The minimum absolute atomic E-state index is 0.0964. The van der Waals surface area contributed by atoms with Gasteiger partial charge in [-0.15, -0.1) is 0 Å². The highest BCUT2D eigenvalue weighted by Gasteiger charge is 2.27. The van der Waals surface area contributed by atoms with Crippen LogP contribution in [0, 0.1) is 6.92 Å². The van der Waals surface area contributed by atoms with Crippen molar-refractivity contribution in [3.8, 4) is 17.2 Å². The van der Waals surface area contributed by atoms with E-state index in [0.717, 1.165) is 9.87 Å². The Labute approximate surface area is 211 Å². The van der Waals surface area contributed by atoms with Gasteiger partial charge in [0.05, 0.1) is 17.7 Å². The fourth-order valence-electron chi connectivity index (χ4n) is 3.46. The van der Waals surface area contributed by atoms with E-state index in [1.807, 2.05) is 37.3 Å². The molecule has 0 fully saturated rings. The van der Waals surface area contributed by atoms with Gasteiger partial charge in [-0.2, -0.15) is 0 Å². The minimum Gasteiger partial charge on any atom is -0.497 e. The van der Waals surface area contributed by atoms with Crippen LogP contribution in [-0.2, 0) is 14.8 Å². The molecule has 184 valence electrons. The number of sulfonamides is 1. The number of rotatable bonds is 9. The van der Waals surface area contributed by atoms with Gasteiger partial charge in [0, 0.05) is 5.69 Å². The molecule has 0 aromatic heterocycles. The molecule has 0 aliphatic heterocycles. The average Bonchev–Trinajstić information content (AvgIpc) is 2.89. The molecule has 8 heteroatoms. The van der Waals surface area contributed by atoms with Crippen molar-refractivity contribution in [3.05, 3.63) is 109 Å². The van der Waals surface area contributed by atoms with Crippen molar-refractivity contribution in [2.45, 2.75) is 11.8 Å². The number of hydrogen-bond donors (Lipinski definition) is 1. The maximum Gasteiger partial charge on any atom is 0.264 e. The SMILES string of the molecule is COc1ccc(N(CC(=O)Nc2ccc(Oc3ccccc3)cc2)S(=O)(=O)c2ccc(C)cc2)cc1. The number of anilines is 2. The Kier molecular flexibility index (Phi) is 7.56. The van der Waals surface area contributed by atoms with Crippen LogP contribution in [0.25, 0.3) is 0 Å². The molecule has 0 saturated carbocycles. The third kappa shape index (κ3) is 6.03. The zero-order valence-electron chi connectivity index (χ0n) is 19.9. The molecule has 7 nitrogen and oxygen atoms in total. The third-order valence-electron chi connectivity index (χ3n) is 5.37. The first-order chi connectivity index (χ1) is 17.3. The van der Waals surface area contributed by atoms with E-state index in [-0.39, 0.29) is 4.90 Å². The van der Waals surface area contributed by atoms with Crippen LogP contribution < -0.4 is 19.1 Å².